The van der Waals surface area contributed by atoms with Gasteiger partial charge in [0.2, 0.25) is 0 Å². The lowest BCUT2D eigenvalue weighted by Crippen LogP contribution is -2.31. The molecule has 1 atom stereocenters. The van der Waals surface area contributed by atoms with E-state index in [1.807, 2.05) is 18.2 Å². The van der Waals surface area contributed by atoms with E-state index in [1.165, 1.54) is 5.56 Å². The Hall–Kier alpha value is -0.790. The first-order valence-corrected chi connectivity index (χ1v) is 6.22. The topological polar surface area (TPSA) is 12.0 Å². The van der Waals surface area contributed by atoms with Gasteiger partial charge < -0.3 is 5.32 Å². The van der Waals surface area contributed by atoms with E-state index in [2.05, 4.69) is 31.0 Å². The summed E-state index contributed by atoms with van der Waals surface area (Å²) in [7, 11) is 0. The summed E-state index contributed by atoms with van der Waals surface area (Å²) in [6.07, 6.45) is 5.17. The van der Waals surface area contributed by atoms with Gasteiger partial charge in [0.15, 0.2) is 0 Å². The molecule has 1 aromatic carbocycles. The Morgan fingerprint density at radius 3 is 2.62 bits per heavy atom. The maximum atomic E-state index is 5.86. The lowest BCUT2D eigenvalue weighted by atomic mass is 10.0. The minimum Gasteiger partial charge on any atom is -0.313 e. The molecule has 0 radical (unpaired) electrons. The second kappa shape index (κ2) is 7.48. The van der Waals surface area contributed by atoms with Crippen LogP contribution in [-0.4, -0.2) is 12.6 Å². The molecular weight excluding hydrogens is 218 g/mol. The first kappa shape index (κ1) is 13.3. The number of rotatable bonds is 7. The van der Waals surface area contributed by atoms with E-state index in [0.717, 1.165) is 30.8 Å². The van der Waals surface area contributed by atoms with Crippen LogP contribution in [-0.2, 0) is 6.42 Å². The molecule has 0 spiro atoms. The van der Waals surface area contributed by atoms with Gasteiger partial charge in [-0.1, -0.05) is 36.7 Å². The van der Waals surface area contributed by atoms with Crippen molar-refractivity contribution < 1.29 is 0 Å². The van der Waals surface area contributed by atoms with Crippen LogP contribution >= 0.6 is 11.6 Å². The van der Waals surface area contributed by atoms with E-state index >= 15 is 0 Å². The second-order valence-corrected chi connectivity index (χ2v) is 4.44. The molecule has 0 aliphatic heterocycles. The SMILES string of the molecule is C=CCC(Cc1ccc(Cl)cc1)NCCC. The average molecular weight is 238 g/mol. The molecule has 0 amide bonds. The third-order valence-electron chi connectivity index (χ3n) is 2.53. The molecule has 16 heavy (non-hydrogen) atoms. The summed E-state index contributed by atoms with van der Waals surface area (Å²) >= 11 is 5.86. The number of benzene rings is 1. The highest BCUT2D eigenvalue weighted by Gasteiger charge is 2.06. The van der Waals surface area contributed by atoms with Crippen molar-refractivity contribution in [1.29, 1.82) is 0 Å². The molecule has 1 unspecified atom stereocenters. The van der Waals surface area contributed by atoms with Gasteiger partial charge >= 0.3 is 0 Å². The summed E-state index contributed by atoms with van der Waals surface area (Å²) in [4.78, 5) is 0. The zero-order chi connectivity index (χ0) is 11.8. The van der Waals surface area contributed by atoms with Crippen LogP contribution in [0.5, 0.6) is 0 Å². The first-order chi connectivity index (χ1) is 7.76. The van der Waals surface area contributed by atoms with Gasteiger partial charge in [-0.15, -0.1) is 6.58 Å². The van der Waals surface area contributed by atoms with E-state index in [4.69, 9.17) is 11.6 Å². The molecule has 2 heteroatoms. The smallest absolute Gasteiger partial charge is 0.0406 e. The van der Waals surface area contributed by atoms with E-state index in [9.17, 15) is 0 Å². The Morgan fingerprint density at radius 1 is 1.38 bits per heavy atom. The molecule has 0 saturated carbocycles. The molecule has 0 fully saturated rings. The standard InChI is InChI=1S/C14H20ClN/c1-3-5-14(16-10-4-2)11-12-6-8-13(15)9-7-12/h3,6-9,14,16H,1,4-5,10-11H2,2H3. The summed E-state index contributed by atoms with van der Waals surface area (Å²) in [5.41, 5.74) is 1.32. The number of halogens is 1. The van der Waals surface area contributed by atoms with Crippen molar-refractivity contribution in [3.63, 3.8) is 0 Å². The van der Waals surface area contributed by atoms with Gasteiger partial charge in [-0.2, -0.15) is 0 Å². The van der Waals surface area contributed by atoms with Gasteiger partial charge in [0.05, 0.1) is 0 Å². The van der Waals surface area contributed by atoms with Gasteiger partial charge in [-0.3, -0.25) is 0 Å². The van der Waals surface area contributed by atoms with Crippen LogP contribution < -0.4 is 5.32 Å². The largest absolute Gasteiger partial charge is 0.313 e. The van der Waals surface area contributed by atoms with E-state index in [0.29, 0.717) is 6.04 Å². The lowest BCUT2D eigenvalue weighted by Gasteiger charge is -2.16. The highest BCUT2D eigenvalue weighted by atomic mass is 35.5. The fraction of sp³-hybridized carbons (Fsp3) is 0.429. The predicted molar refractivity (Wildman–Crippen MR) is 72.1 cm³/mol. The van der Waals surface area contributed by atoms with Crippen molar-refractivity contribution in [2.45, 2.75) is 32.2 Å². The van der Waals surface area contributed by atoms with Gasteiger partial charge in [-0.05, 0) is 43.5 Å². The molecule has 1 N–H and O–H groups in total. The number of nitrogens with one attached hydrogen (secondary N) is 1. The molecule has 0 aliphatic carbocycles. The maximum absolute atomic E-state index is 5.86. The predicted octanol–water partition coefficient (Wildman–Crippen LogP) is 3.83. The molecule has 1 nitrogen and oxygen atoms in total. The van der Waals surface area contributed by atoms with Crippen molar-refractivity contribution in [2.24, 2.45) is 0 Å². The van der Waals surface area contributed by atoms with Gasteiger partial charge in [0.25, 0.3) is 0 Å². The van der Waals surface area contributed by atoms with Gasteiger partial charge in [-0.25, -0.2) is 0 Å². The van der Waals surface area contributed by atoms with Crippen LogP contribution in [0.1, 0.15) is 25.3 Å². The normalized spacial score (nSPS) is 12.4. The van der Waals surface area contributed by atoms with Gasteiger partial charge in [0.1, 0.15) is 0 Å². The van der Waals surface area contributed by atoms with Gasteiger partial charge in [0, 0.05) is 11.1 Å². The summed E-state index contributed by atoms with van der Waals surface area (Å²) in [6, 6.07) is 8.56. The Kier molecular flexibility index (Phi) is 6.20. The monoisotopic (exact) mass is 237 g/mol. The second-order valence-electron chi connectivity index (χ2n) is 4.01. The van der Waals surface area contributed by atoms with Crippen LogP contribution in [0, 0.1) is 0 Å². The highest BCUT2D eigenvalue weighted by Crippen LogP contribution is 2.12. The summed E-state index contributed by atoms with van der Waals surface area (Å²) in [5.74, 6) is 0. The molecule has 0 aliphatic rings. The minimum absolute atomic E-state index is 0.485. The summed E-state index contributed by atoms with van der Waals surface area (Å²) in [6.45, 7) is 7.05. The third kappa shape index (κ3) is 4.82. The molecular formula is C14H20ClN. The Labute approximate surface area is 104 Å². The van der Waals surface area contributed by atoms with Crippen molar-refractivity contribution in [1.82, 2.24) is 5.32 Å². The fourth-order valence-corrected chi connectivity index (χ4v) is 1.82. The maximum Gasteiger partial charge on any atom is 0.0406 e. The molecule has 1 rings (SSSR count). The number of hydrogen-bond acceptors (Lipinski definition) is 1. The Bertz CT molecular complexity index is 305. The zero-order valence-corrected chi connectivity index (χ0v) is 10.6. The molecule has 1 aromatic rings. The van der Waals surface area contributed by atoms with E-state index in [-0.39, 0.29) is 0 Å². The van der Waals surface area contributed by atoms with Crippen molar-refractivity contribution >= 4 is 11.6 Å². The third-order valence-corrected chi connectivity index (χ3v) is 2.78. The molecule has 0 bridgehead atoms. The average Bonchev–Trinajstić information content (AvgIpc) is 2.29. The number of hydrogen-bond donors (Lipinski definition) is 1. The molecule has 88 valence electrons. The molecule has 0 aromatic heterocycles. The van der Waals surface area contributed by atoms with E-state index < -0.39 is 0 Å². The van der Waals surface area contributed by atoms with E-state index in [1.54, 1.807) is 0 Å². The molecule has 0 saturated heterocycles. The van der Waals surface area contributed by atoms with Crippen molar-refractivity contribution in [3.8, 4) is 0 Å². The summed E-state index contributed by atoms with van der Waals surface area (Å²) < 4.78 is 0. The zero-order valence-electron chi connectivity index (χ0n) is 9.88. The van der Waals surface area contributed by atoms with Crippen LogP contribution in [0.2, 0.25) is 5.02 Å². The lowest BCUT2D eigenvalue weighted by molar-refractivity contribution is 0.512. The Balaban J connectivity index is 2.52. The quantitative estimate of drug-likeness (QED) is 0.711. The van der Waals surface area contributed by atoms with Crippen molar-refractivity contribution in [3.05, 3.63) is 47.5 Å². The van der Waals surface area contributed by atoms with Crippen LogP contribution in [0.4, 0.5) is 0 Å². The minimum atomic E-state index is 0.485. The highest BCUT2D eigenvalue weighted by molar-refractivity contribution is 6.30. The molecule has 0 heterocycles. The summed E-state index contributed by atoms with van der Waals surface area (Å²) in [5, 5.41) is 4.33. The van der Waals surface area contributed by atoms with Crippen LogP contribution in [0.25, 0.3) is 0 Å². The fourth-order valence-electron chi connectivity index (χ4n) is 1.69. The van der Waals surface area contributed by atoms with Crippen LogP contribution in [0.15, 0.2) is 36.9 Å². The van der Waals surface area contributed by atoms with Crippen LogP contribution in [0.3, 0.4) is 0 Å². The van der Waals surface area contributed by atoms with Crippen molar-refractivity contribution in [2.75, 3.05) is 6.54 Å². The Morgan fingerprint density at radius 2 is 2.06 bits per heavy atom. The first-order valence-electron chi connectivity index (χ1n) is 5.85.